The van der Waals surface area contributed by atoms with Crippen LogP contribution in [0.4, 0.5) is 11.4 Å². The number of hydrogen-bond donors (Lipinski definition) is 1. The lowest BCUT2D eigenvalue weighted by atomic mass is 10.1. The van der Waals surface area contributed by atoms with Gasteiger partial charge in [-0.1, -0.05) is 12.1 Å². The number of nitrogens with zero attached hydrogens (tertiary/aromatic N) is 2. The summed E-state index contributed by atoms with van der Waals surface area (Å²) in [5, 5.41) is 20.6. The Balaban J connectivity index is 2.32. The number of benzene rings is 2. The zero-order valence-corrected chi connectivity index (χ0v) is 14.3. The van der Waals surface area contributed by atoms with Crippen molar-refractivity contribution in [2.45, 2.75) is 20.4 Å². The van der Waals surface area contributed by atoms with Crippen molar-refractivity contribution in [1.82, 2.24) is 0 Å². The summed E-state index contributed by atoms with van der Waals surface area (Å²) < 4.78 is 4.89. The Morgan fingerprint density at radius 1 is 1.19 bits per heavy atom. The number of rotatable bonds is 6. The quantitative estimate of drug-likeness (QED) is 0.483. The van der Waals surface area contributed by atoms with Gasteiger partial charge in [0.05, 0.1) is 18.1 Å². The third-order valence-corrected chi connectivity index (χ3v) is 3.66. The average Bonchev–Trinajstić information content (AvgIpc) is 2.60. The van der Waals surface area contributed by atoms with Crippen LogP contribution in [0.15, 0.2) is 42.5 Å². The first-order valence-electron chi connectivity index (χ1n) is 7.85. The van der Waals surface area contributed by atoms with Crippen molar-refractivity contribution < 1.29 is 24.4 Å². The van der Waals surface area contributed by atoms with E-state index in [0.29, 0.717) is 11.3 Å². The summed E-state index contributed by atoms with van der Waals surface area (Å²) in [7, 11) is 0. The molecule has 136 valence electrons. The van der Waals surface area contributed by atoms with Gasteiger partial charge in [0.2, 0.25) is 5.91 Å². The summed E-state index contributed by atoms with van der Waals surface area (Å²) in [5.41, 5.74) is 0.991. The van der Waals surface area contributed by atoms with E-state index in [1.165, 1.54) is 42.2 Å². The van der Waals surface area contributed by atoms with Crippen LogP contribution in [0.5, 0.6) is 5.75 Å². The van der Waals surface area contributed by atoms with Gasteiger partial charge in [-0.15, -0.1) is 0 Å². The molecule has 8 heteroatoms. The number of carbonyl (C=O) groups excluding carboxylic acids is 2. The molecule has 0 atom stereocenters. The highest BCUT2D eigenvalue weighted by atomic mass is 16.6. The fourth-order valence-corrected chi connectivity index (χ4v) is 2.35. The zero-order valence-electron chi connectivity index (χ0n) is 14.3. The second-order valence-corrected chi connectivity index (χ2v) is 5.45. The van der Waals surface area contributed by atoms with Crippen molar-refractivity contribution >= 4 is 23.3 Å². The van der Waals surface area contributed by atoms with Crippen LogP contribution in [0.25, 0.3) is 0 Å². The van der Waals surface area contributed by atoms with Gasteiger partial charge < -0.3 is 14.7 Å². The molecule has 0 radical (unpaired) electrons. The zero-order chi connectivity index (χ0) is 19.3. The van der Waals surface area contributed by atoms with Gasteiger partial charge in [-0.2, -0.15) is 0 Å². The van der Waals surface area contributed by atoms with E-state index < -0.39 is 10.9 Å². The van der Waals surface area contributed by atoms with E-state index in [2.05, 4.69) is 0 Å². The van der Waals surface area contributed by atoms with Gasteiger partial charge in [0, 0.05) is 24.7 Å². The number of non-ortho nitro benzene ring substituents is 1. The molecule has 1 N–H and O–H groups in total. The van der Waals surface area contributed by atoms with Crippen LogP contribution in [0.2, 0.25) is 0 Å². The molecule has 0 aliphatic rings. The van der Waals surface area contributed by atoms with Gasteiger partial charge in [0.1, 0.15) is 11.3 Å². The highest BCUT2D eigenvalue weighted by Crippen LogP contribution is 2.26. The molecule has 2 aromatic carbocycles. The molecule has 0 aliphatic carbocycles. The van der Waals surface area contributed by atoms with Crippen LogP contribution in [0, 0.1) is 10.1 Å². The SMILES string of the molecule is CCOC(=O)c1cc(N(Cc2ccc([N+](=O)[O-])cc2)C(C)=O)ccc1O. The number of carbonyl (C=O) groups is 2. The van der Waals surface area contributed by atoms with Crippen LogP contribution in [-0.2, 0) is 16.1 Å². The second-order valence-electron chi connectivity index (χ2n) is 5.45. The van der Waals surface area contributed by atoms with Crippen molar-refractivity contribution in [3.05, 3.63) is 63.7 Å². The first kappa shape index (κ1) is 18.9. The number of aromatic hydroxyl groups is 1. The predicted octanol–water partition coefficient (Wildman–Crippen LogP) is 3.03. The van der Waals surface area contributed by atoms with Crippen LogP contribution in [-0.4, -0.2) is 28.5 Å². The van der Waals surface area contributed by atoms with E-state index in [1.807, 2.05) is 0 Å². The van der Waals surface area contributed by atoms with Gasteiger partial charge in [-0.25, -0.2) is 4.79 Å². The standard InChI is InChI=1S/C18H18N2O6/c1-3-26-18(23)16-10-15(8-9-17(16)22)19(12(2)21)11-13-4-6-14(7-5-13)20(24)25/h4-10,22H,3,11H2,1-2H3. The molecule has 2 aromatic rings. The molecule has 8 nitrogen and oxygen atoms in total. The molecule has 0 saturated heterocycles. The molecular formula is C18H18N2O6. The maximum atomic E-state index is 12.1. The molecule has 0 aliphatic heterocycles. The van der Waals surface area contributed by atoms with Crippen molar-refractivity contribution in [2.24, 2.45) is 0 Å². The molecule has 2 rings (SSSR count). The smallest absolute Gasteiger partial charge is 0.341 e. The van der Waals surface area contributed by atoms with E-state index >= 15 is 0 Å². The Bertz CT molecular complexity index is 832. The largest absolute Gasteiger partial charge is 0.507 e. The summed E-state index contributed by atoms with van der Waals surface area (Å²) >= 11 is 0. The van der Waals surface area contributed by atoms with Crippen molar-refractivity contribution in [1.29, 1.82) is 0 Å². The lowest BCUT2D eigenvalue weighted by Gasteiger charge is -2.22. The number of amides is 1. The number of phenolic OH excluding ortho intramolecular Hbond substituents is 1. The molecular weight excluding hydrogens is 340 g/mol. The minimum Gasteiger partial charge on any atom is -0.507 e. The third-order valence-electron chi connectivity index (χ3n) is 3.66. The highest BCUT2D eigenvalue weighted by molar-refractivity contribution is 5.96. The average molecular weight is 358 g/mol. The number of nitro groups is 1. The van der Waals surface area contributed by atoms with Gasteiger partial charge in [-0.3, -0.25) is 14.9 Å². The molecule has 0 unspecified atom stereocenters. The minimum absolute atomic E-state index is 0.0423. The molecule has 0 bridgehead atoms. The lowest BCUT2D eigenvalue weighted by molar-refractivity contribution is -0.384. The van der Waals surface area contributed by atoms with Gasteiger partial charge >= 0.3 is 5.97 Å². The van der Waals surface area contributed by atoms with Crippen LogP contribution >= 0.6 is 0 Å². The molecule has 0 aromatic heterocycles. The number of anilines is 1. The molecule has 0 fully saturated rings. The summed E-state index contributed by atoms with van der Waals surface area (Å²) in [5.74, 6) is -1.22. The van der Waals surface area contributed by atoms with Crippen molar-refractivity contribution in [3.63, 3.8) is 0 Å². The maximum absolute atomic E-state index is 12.1. The minimum atomic E-state index is -0.689. The third kappa shape index (κ3) is 4.35. The predicted molar refractivity (Wildman–Crippen MR) is 94.0 cm³/mol. The van der Waals surface area contributed by atoms with E-state index in [4.69, 9.17) is 4.74 Å². The van der Waals surface area contributed by atoms with Crippen molar-refractivity contribution in [2.75, 3.05) is 11.5 Å². The Morgan fingerprint density at radius 3 is 2.38 bits per heavy atom. The van der Waals surface area contributed by atoms with Crippen LogP contribution in [0.3, 0.4) is 0 Å². The fourth-order valence-electron chi connectivity index (χ4n) is 2.35. The van der Waals surface area contributed by atoms with E-state index in [1.54, 1.807) is 19.1 Å². The lowest BCUT2D eigenvalue weighted by Crippen LogP contribution is -2.28. The highest BCUT2D eigenvalue weighted by Gasteiger charge is 2.18. The van der Waals surface area contributed by atoms with Gasteiger partial charge in [0.15, 0.2) is 0 Å². The van der Waals surface area contributed by atoms with Crippen LogP contribution in [0.1, 0.15) is 29.8 Å². The number of phenols is 1. The molecule has 0 saturated carbocycles. The summed E-state index contributed by atoms with van der Waals surface area (Å²) in [4.78, 5) is 35.6. The molecule has 26 heavy (non-hydrogen) atoms. The van der Waals surface area contributed by atoms with E-state index in [-0.39, 0.29) is 36.1 Å². The monoisotopic (exact) mass is 358 g/mol. The number of nitro benzene ring substituents is 1. The molecule has 0 spiro atoms. The molecule has 0 heterocycles. The topological polar surface area (TPSA) is 110 Å². The Hall–Kier alpha value is -3.42. The fraction of sp³-hybridized carbons (Fsp3) is 0.222. The summed E-state index contributed by atoms with van der Waals surface area (Å²) in [6, 6.07) is 10.0. The number of ether oxygens (including phenoxy) is 1. The number of hydrogen-bond acceptors (Lipinski definition) is 6. The first-order valence-corrected chi connectivity index (χ1v) is 7.85. The number of esters is 1. The molecule has 1 amide bonds. The Morgan fingerprint density at radius 2 is 1.85 bits per heavy atom. The second kappa shape index (κ2) is 8.11. The summed E-state index contributed by atoms with van der Waals surface area (Å²) in [6.45, 7) is 3.32. The van der Waals surface area contributed by atoms with Gasteiger partial charge in [0.25, 0.3) is 5.69 Å². The normalized spacial score (nSPS) is 10.2. The maximum Gasteiger partial charge on any atom is 0.341 e. The first-order chi connectivity index (χ1) is 12.3. The Labute approximate surface area is 149 Å². The van der Waals surface area contributed by atoms with E-state index in [0.717, 1.165) is 0 Å². The van der Waals surface area contributed by atoms with Gasteiger partial charge in [-0.05, 0) is 30.7 Å². The summed E-state index contributed by atoms with van der Waals surface area (Å²) in [6.07, 6.45) is 0. The Kier molecular flexibility index (Phi) is 5.90. The van der Waals surface area contributed by atoms with Crippen LogP contribution < -0.4 is 4.90 Å². The van der Waals surface area contributed by atoms with Crippen molar-refractivity contribution in [3.8, 4) is 5.75 Å². The van der Waals surface area contributed by atoms with E-state index in [9.17, 15) is 24.8 Å².